The van der Waals surface area contributed by atoms with Crippen molar-refractivity contribution in [2.75, 3.05) is 6.61 Å². The molecule has 0 N–H and O–H groups in total. The third kappa shape index (κ3) is 6.86. The molecule has 19 heavy (non-hydrogen) atoms. The molecule has 0 heterocycles. The Morgan fingerprint density at radius 2 is 2.05 bits per heavy atom. The lowest BCUT2D eigenvalue weighted by Gasteiger charge is -2.09. The number of halogens is 2. The van der Waals surface area contributed by atoms with E-state index in [9.17, 15) is 14.0 Å². The normalized spacial score (nSPS) is 14.0. The van der Waals surface area contributed by atoms with Crippen LogP contribution in [-0.4, -0.2) is 29.9 Å². The van der Waals surface area contributed by atoms with Crippen LogP contribution in [0.25, 0.3) is 6.08 Å². The number of carbonyl (C=O) groups is 2. The van der Waals surface area contributed by atoms with Gasteiger partial charge >= 0.3 is 5.97 Å². The van der Waals surface area contributed by atoms with Gasteiger partial charge in [0.2, 0.25) is 0 Å². The molecule has 0 amide bonds. The molecular formula is C14H14BrFO3. The fourth-order valence-electron chi connectivity index (χ4n) is 1.32. The Balaban J connectivity index is 2.32. The molecule has 0 aromatic heterocycles. The van der Waals surface area contributed by atoms with E-state index in [-0.39, 0.29) is 24.1 Å². The Kier molecular flexibility index (Phi) is 7.03. The molecule has 5 heteroatoms. The lowest BCUT2D eigenvalue weighted by Crippen LogP contribution is -2.17. The summed E-state index contributed by atoms with van der Waals surface area (Å²) >= 11 is 3.14. The van der Waals surface area contributed by atoms with E-state index in [1.165, 1.54) is 6.08 Å². The van der Waals surface area contributed by atoms with Gasteiger partial charge in [0.1, 0.15) is 6.61 Å². The van der Waals surface area contributed by atoms with Crippen LogP contribution in [0.1, 0.15) is 12.0 Å². The zero-order chi connectivity index (χ0) is 14.1. The molecule has 0 aliphatic heterocycles. The van der Waals surface area contributed by atoms with Crippen molar-refractivity contribution in [3.05, 3.63) is 42.0 Å². The SMILES string of the molecule is O=C[C@@H](F)C[C@@H](Br)COC(=O)/C=C/c1ccccc1. The largest absolute Gasteiger partial charge is 0.461 e. The molecule has 1 rings (SSSR count). The van der Waals surface area contributed by atoms with Gasteiger partial charge in [0.05, 0.1) is 4.83 Å². The van der Waals surface area contributed by atoms with Gasteiger partial charge in [-0.25, -0.2) is 9.18 Å². The molecule has 0 radical (unpaired) electrons. The van der Waals surface area contributed by atoms with Gasteiger partial charge in [-0.05, 0) is 11.6 Å². The lowest BCUT2D eigenvalue weighted by molar-refractivity contribution is -0.137. The average molecular weight is 329 g/mol. The van der Waals surface area contributed by atoms with E-state index >= 15 is 0 Å². The number of rotatable bonds is 7. The second kappa shape index (κ2) is 8.58. The van der Waals surface area contributed by atoms with E-state index in [2.05, 4.69) is 15.9 Å². The van der Waals surface area contributed by atoms with Crippen LogP contribution >= 0.6 is 15.9 Å². The summed E-state index contributed by atoms with van der Waals surface area (Å²) < 4.78 is 17.6. The van der Waals surface area contributed by atoms with E-state index in [1.807, 2.05) is 30.3 Å². The highest BCUT2D eigenvalue weighted by atomic mass is 79.9. The van der Waals surface area contributed by atoms with Gasteiger partial charge in [0, 0.05) is 12.5 Å². The Labute approximate surface area is 119 Å². The molecule has 0 saturated heterocycles. The first kappa shape index (κ1) is 15.6. The van der Waals surface area contributed by atoms with Gasteiger partial charge in [-0.1, -0.05) is 46.3 Å². The van der Waals surface area contributed by atoms with Gasteiger partial charge in [-0.3, -0.25) is 0 Å². The highest BCUT2D eigenvalue weighted by molar-refractivity contribution is 9.09. The molecule has 3 nitrogen and oxygen atoms in total. The van der Waals surface area contributed by atoms with Crippen LogP contribution in [0.3, 0.4) is 0 Å². The second-order valence-electron chi connectivity index (χ2n) is 3.86. The van der Waals surface area contributed by atoms with Crippen LogP contribution in [0.4, 0.5) is 4.39 Å². The van der Waals surface area contributed by atoms with Crippen LogP contribution in [0.5, 0.6) is 0 Å². The predicted octanol–water partition coefficient (Wildman–Crippen LogP) is 2.93. The molecule has 0 fully saturated rings. The highest BCUT2D eigenvalue weighted by Gasteiger charge is 2.13. The van der Waals surface area contributed by atoms with E-state index in [0.717, 1.165) is 5.56 Å². The molecule has 0 bridgehead atoms. The first-order chi connectivity index (χ1) is 9.11. The average Bonchev–Trinajstić information content (AvgIpc) is 2.43. The minimum absolute atomic E-state index is 0.0147. The summed E-state index contributed by atoms with van der Waals surface area (Å²) in [7, 11) is 0. The standard InChI is InChI=1S/C14H14BrFO3/c15-12(8-13(16)9-17)10-19-14(18)7-6-11-4-2-1-3-5-11/h1-7,9,12-13H,8,10H2/b7-6+/t12-,13+/m1/s1. The monoisotopic (exact) mass is 328 g/mol. The fourth-order valence-corrected chi connectivity index (χ4v) is 1.81. The topological polar surface area (TPSA) is 43.4 Å². The zero-order valence-corrected chi connectivity index (χ0v) is 11.8. The fraction of sp³-hybridized carbons (Fsp3) is 0.286. The van der Waals surface area contributed by atoms with Gasteiger partial charge in [-0.2, -0.15) is 0 Å². The number of hydrogen-bond donors (Lipinski definition) is 0. The summed E-state index contributed by atoms with van der Waals surface area (Å²) in [5.41, 5.74) is 0.889. The Morgan fingerprint density at radius 1 is 1.37 bits per heavy atom. The minimum Gasteiger partial charge on any atom is -0.461 e. The Morgan fingerprint density at radius 3 is 2.68 bits per heavy atom. The maximum Gasteiger partial charge on any atom is 0.330 e. The molecule has 0 aliphatic rings. The van der Waals surface area contributed by atoms with Crippen molar-refractivity contribution in [1.82, 2.24) is 0 Å². The van der Waals surface area contributed by atoms with E-state index in [0.29, 0.717) is 0 Å². The van der Waals surface area contributed by atoms with Gasteiger partial charge in [0.15, 0.2) is 12.5 Å². The van der Waals surface area contributed by atoms with Crippen molar-refractivity contribution in [1.29, 1.82) is 0 Å². The maximum atomic E-state index is 12.7. The van der Waals surface area contributed by atoms with E-state index in [1.54, 1.807) is 6.08 Å². The van der Waals surface area contributed by atoms with Crippen LogP contribution in [0.2, 0.25) is 0 Å². The summed E-state index contributed by atoms with van der Waals surface area (Å²) in [6, 6.07) is 9.32. The molecule has 0 saturated carbocycles. The molecule has 2 atom stereocenters. The number of aldehydes is 1. The third-order valence-corrected chi connectivity index (χ3v) is 2.88. The van der Waals surface area contributed by atoms with Crippen molar-refractivity contribution < 1.29 is 18.7 Å². The first-order valence-electron chi connectivity index (χ1n) is 5.75. The van der Waals surface area contributed by atoms with Crippen molar-refractivity contribution in [2.45, 2.75) is 17.4 Å². The molecule has 1 aromatic carbocycles. The van der Waals surface area contributed by atoms with Crippen LogP contribution < -0.4 is 0 Å². The molecule has 102 valence electrons. The molecule has 0 spiro atoms. The second-order valence-corrected chi connectivity index (χ2v) is 5.15. The number of carbonyl (C=O) groups excluding carboxylic acids is 2. The molecule has 0 aliphatic carbocycles. The van der Waals surface area contributed by atoms with Crippen LogP contribution in [-0.2, 0) is 14.3 Å². The van der Waals surface area contributed by atoms with Crippen LogP contribution in [0, 0.1) is 0 Å². The smallest absolute Gasteiger partial charge is 0.330 e. The quantitative estimate of drug-likeness (QED) is 0.334. The highest BCUT2D eigenvalue weighted by Crippen LogP contribution is 2.10. The number of ether oxygens (including phenoxy) is 1. The summed E-state index contributed by atoms with van der Waals surface area (Å²) in [4.78, 5) is 21.1. The summed E-state index contributed by atoms with van der Waals surface area (Å²) in [6.07, 6.45) is 1.62. The first-order valence-corrected chi connectivity index (χ1v) is 6.66. The Hall–Kier alpha value is -1.49. The van der Waals surface area contributed by atoms with Crippen LogP contribution in [0.15, 0.2) is 36.4 Å². The predicted molar refractivity (Wildman–Crippen MR) is 74.7 cm³/mol. The molecular weight excluding hydrogens is 315 g/mol. The number of alkyl halides is 2. The zero-order valence-electron chi connectivity index (χ0n) is 10.2. The lowest BCUT2D eigenvalue weighted by atomic mass is 10.2. The van der Waals surface area contributed by atoms with Gasteiger partial charge in [0.25, 0.3) is 0 Å². The minimum atomic E-state index is -1.54. The maximum absolute atomic E-state index is 12.7. The van der Waals surface area contributed by atoms with Crippen molar-refractivity contribution in [2.24, 2.45) is 0 Å². The van der Waals surface area contributed by atoms with Gasteiger partial charge < -0.3 is 9.53 Å². The Bertz CT molecular complexity index is 434. The molecule has 1 aromatic rings. The van der Waals surface area contributed by atoms with Crippen molar-refractivity contribution in [3.8, 4) is 0 Å². The van der Waals surface area contributed by atoms with E-state index in [4.69, 9.17) is 4.74 Å². The third-order valence-electron chi connectivity index (χ3n) is 2.25. The summed E-state index contributed by atoms with van der Waals surface area (Å²) in [6.45, 7) is 0.0201. The molecule has 0 unspecified atom stereocenters. The van der Waals surface area contributed by atoms with Gasteiger partial charge in [-0.15, -0.1) is 0 Å². The summed E-state index contributed by atoms with van der Waals surface area (Å²) in [5.74, 6) is -0.505. The van der Waals surface area contributed by atoms with Crippen molar-refractivity contribution >= 4 is 34.3 Å². The van der Waals surface area contributed by atoms with Crippen molar-refractivity contribution in [3.63, 3.8) is 0 Å². The number of benzene rings is 1. The van der Waals surface area contributed by atoms with E-state index < -0.39 is 12.1 Å². The number of esters is 1. The summed E-state index contributed by atoms with van der Waals surface area (Å²) in [5, 5.41) is 0. The number of hydrogen-bond acceptors (Lipinski definition) is 3.